The van der Waals surface area contributed by atoms with Gasteiger partial charge < -0.3 is 10.2 Å². The maximum absolute atomic E-state index is 12.7. The molecule has 1 saturated heterocycles. The second-order valence-electron chi connectivity index (χ2n) is 7.74. The van der Waals surface area contributed by atoms with Gasteiger partial charge in [-0.15, -0.1) is 0 Å². The highest BCUT2D eigenvalue weighted by molar-refractivity contribution is 5.94. The minimum Gasteiger partial charge on any atom is -0.369 e. The summed E-state index contributed by atoms with van der Waals surface area (Å²) in [5.41, 5.74) is 3.13. The molecule has 2 aromatic rings. The van der Waals surface area contributed by atoms with Crippen LogP contribution in [0.15, 0.2) is 48.5 Å². The van der Waals surface area contributed by atoms with Crippen LogP contribution in [0.1, 0.15) is 32.3 Å². The van der Waals surface area contributed by atoms with Gasteiger partial charge in [0.25, 0.3) is 5.69 Å². The highest BCUT2D eigenvalue weighted by atomic mass is 16.6. The van der Waals surface area contributed by atoms with E-state index in [4.69, 9.17) is 0 Å². The largest absolute Gasteiger partial charge is 0.369 e. The second kappa shape index (κ2) is 9.05. The van der Waals surface area contributed by atoms with Crippen molar-refractivity contribution in [1.82, 2.24) is 4.90 Å². The highest BCUT2D eigenvalue weighted by Gasteiger charge is 2.26. The molecule has 1 aliphatic rings. The lowest BCUT2D eigenvalue weighted by Crippen LogP contribution is -2.52. The molecular weight excluding hydrogens is 368 g/mol. The number of nitrogens with one attached hydrogen (secondary N) is 1. The van der Waals surface area contributed by atoms with Gasteiger partial charge in [-0.2, -0.15) is 0 Å². The molecule has 0 saturated carbocycles. The predicted molar refractivity (Wildman–Crippen MR) is 116 cm³/mol. The molecule has 0 bridgehead atoms. The third kappa shape index (κ3) is 5.12. The Kier molecular flexibility index (Phi) is 6.49. The summed E-state index contributed by atoms with van der Waals surface area (Å²) in [6.45, 7) is 9.30. The summed E-state index contributed by atoms with van der Waals surface area (Å²) < 4.78 is 0. The molecule has 0 radical (unpaired) electrons. The average molecular weight is 396 g/mol. The highest BCUT2D eigenvalue weighted by Crippen LogP contribution is 2.22. The van der Waals surface area contributed by atoms with Crippen LogP contribution in [0.2, 0.25) is 0 Å². The number of benzene rings is 2. The van der Waals surface area contributed by atoms with Gasteiger partial charge in [0, 0.05) is 49.7 Å². The van der Waals surface area contributed by atoms with Gasteiger partial charge in [-0.05, 0) is 42.7 Å². The van der Waals surface area contributed by atoms with E-state index in [1.54, 1.807) is 12.1 Å². The Morgan fingerprint density at radius 3 is 2.07 bits per heavy atom. The van der Waals surface area contributed by atoms with Gasteiger partial charge in [-0.1, -0.05) is 26.0 Å². The van der Waals surface area contributed by atoms with Crippen molar-refractivity contribution in [3.8, 4) is 0 Å². The van der Waals surface area contributed by atoms with Gasteiger partial charge in [-0.3, -0.25) is 19.8 Å². The fourth-order valence-corrected chi connectivity index (χ4v) is 3.52. The topological polar surface area (TPSA) is 78.7 Å². The van der Waals surface area contributed by atoms with Crippen LogP contribution >= 0.6 is 0 Å². The van der Waals surface area contributed by atoms with Crippen molar-refractivity contribution in [1.29, 1.82) is 0 Å². The zero-order valence-electron chi connectivity index (χ0n) is 17.2. The number of carbonyl (C=O) groups excluding carboxylic acids is 1. The molecular formula is C22H28N4O3. The van der Waals surface area contributed by atoms with E-state index in [-0.39, 0.29) is 17.6 Å². The molecule has 1 atom stereocenters. The SMILES string of the molecule is CC(C)c1ccc(NC(=O)[C@H](C)N2CCN(c3ccc([N+](=O)[O-])cc3)CC2)cc1. The van der Waals surface area contributed by atoms with Crippen molar-refractivity contribution < 1.29 is 9.72 Å². The first kappa shape index (κ1) is 20.8. The minimum atomic E-state index is -0.390. The fraction of sp³-hybridized carbons (Fsp3) is 0.409. The first-order chi connectivity index (χ1) is 13.8. The van der Waals surface area contributed by atoms with Crippen molar-refractivity contribution in [3.63, 3.8) is 0 Å². The van der Waals surface area contributed by atoms with Crippen molar-refractivity contribution in [2.45, 2.75) is 32.7 Å². The van der Waals surface area contributed by atoms with E-state index in [0.29, 0.717) is 5.92 Å². The lowest BCUT2D eigenvalue weighted by molar-refractivity contribution is -0.384. The Morgan fingerprint density at radius 1 is 0.966 bits per heavy atom. The Morgan fingerprint density at radius 2 is 1.55 bits per heavy atom. The number of carbonyl (C=O) groups is 1. The first-order valence-electron chi connectivity index (χ1n) is 9.99. The number of hydrogen-bond donors (Lipinski definition) is 1. The van der Waals surface area contributed by atoms with Gasteiger partial charge in [0.1, 0.15) is 0 Å². The molecule has 0 aromatic heterocycles. The Hall–Kier alpha value is -2.93. The number of piperazine rings is 1. The van der Waals surface area contributed by atoms with E-state index in [0.717, 1.165) is 37.6 Å². The van der Waals surface area contributed by atoms with E-state index >= 15 is 0 Å². The molecule has 1 heterocycles. The smallest absolute Gasteiger partial charge is 0.269 e. The van der Waals surface area contributed by atoms with Crippen LogP contribution < -0.4 is 10.2 Å². The van der Waals surface area contributed by atoms with Gasteiger partial charge in [0.15, 0.2) is 0 Å². The molecule has 29 heavy (non-hydrogen) atoms. The number of nitro groups is 1. The van der Waals surface area contributed by atoms with Crippen LogP contribution in [-0.2, 0) is 4.79 Å². The maximum Gasteiger partial charge on any atom is 0.269 e. The summed E-state index contributed by atoms with van der Waals surface area (Å²) in [6, 6.07) is 14.4. The normalized spacial score (nSPS) is 15.9. The van der Waals surface area contributed by atoms with E-state index < -0.39 is 4.92 Å². The zero-order valence-corrected chi connectivity index (χ0v) is 17.2. The molecule has 1 N–H and O–H groups in total. The summed E-state index contributed by atoms with van der Waals surface area (Å²) in [6.07, 6.45) is 0. The molecule has 7 nitrogen and oxygen atoms in total. The van der Waals surface area contributed by atoms with Crippen molar-refractivity contribution in [2.75, 3.05) is 36.4 Å². The number of amides is 1. The molecule has 0 aliphatic carbocycles. The van der Waals surface area contributed by atoms with E-state index in [9.17, 15) is 14.9 Å². The fourth-order valence-electron chi connectivity index (χ4n) is 3.52. The Labute approximate surface area is 171 Å². The number of hydrogen-bond acceptors (Lipinski definition) is 5. The van der Waals surface area contributed by atoms with E-state index in [1.165, 1.54) is 17.7 Å². The lowest BCUT2D eigenvalue weighted by atomic mass is 10.0. The minimum absolute atomic E-state index is 0.00826. The van der Waals surface area contributed by atoms with Crippen molar-refractivity contribution >= 4 is 23.0 Å². The summed E-state index contributed by atoms with van der Waals surface area (Å²) in [4.78, 5) is 27.4. The molecule has 2 aromatic carbocycles. The summed E-state index contributed by atoms with van der Waals surface area (Å²) >= 11 is 0. The number of nitro benzene ring substituents is 1. The summed E-state index contributed by atoms with van der Waals surface area (Å²) in [5.74, 6) is 0.455. The maximum atomic E-state index is 12.7. The molecule has 1 aliphatic heterocycles. The Bertz CT molecular complexity index is 841. The van der Waals surface area contributed by atoms with Crippen LogP contribution in [-0.4, -0.2) is 48.0 Å². The summed E-state index contributed by atoms with van der Waals surface area (Å²) in [7, 11) is 0. The van der Waals surface area contributed by atoms with Crippen LogP contribution in [0, 0.1) is 10.1 Å². The van der Waals surface area contributed by atoms with Crippen LogP contribution in [0.25, 0.3) is 0 Å². The van der Waals surface area contributed by atoms with Crippen molar-refractivity contribution in [3.05, 3.63) is 64.2 Å². The molecule has 1 fully saturated rings. The number of anilines is 2. The lowest BCUT2D eigenvalue weighted by Gasteiger charge is -2.38. The third-order valence-electron chi connectivity index (χ3n) is 5.51. The average Bonchev–Trinajstić information content (AvgIpc) is 2.73. The first-order valence-corrected chi connectivity index (χ1v) is 9.99. The standard InChI is InChI=1S/C22H28N4O3/c1-16(2)18-4-6-19(7-5-18)23-22(27)17(3)24-12-14-25(15-13-24)20-8-10-21(11-9-20)26(28)29/h4-11,16-17H,12-15H2,1-3H3,(H,23,27)/t17-/m0/s1. The molecule has 0 unspecified atom stereocenters. The van der Waals surface area contributed by atoms with Gasteiger partial charge >= 0.3 is 0 Å². The molecule has 0 spiro atoms. The predicted octanol–water partition coefficient (Wildman–Crippen LogP) is 3.87. The zero-order chi connectivity index (χ0) is 21.0. The van der Waals surface area contributed by atoms with E-state index in [1.807, 2.05) is 31.2 Å². The summed E-state index contributed by atoms with van der Waals surface area (Å²) in [5, 5.41) is 13.8. The third-order valence-corrected chi connectivity index (χ3v) is 5.51. The van der Waals surface area contributed by atoms with Gasteiger partial charge in [0.05, 0.1) is 11.0 Å². The Balaban J connectivity index is 1.53. The van der Waals surface area contributed by atoms with Crippen molar-refractivity contribution in [2.24, 2.45) is 0 Å². The van der Waals surface area contributed by atoms with Crippen LogP contribution in [0.5, 0.6) is 0 Å². The quantitative estimate of drug-likeness (QED) is 0.592. The monoisotopic (exact) mass is 396 g/mol. The van der Waals surface area contributed by atoms with Gasteiger partial charge in [-0.25, -0.2) is 0 Å². The van der Waals surface area contributed by atoms with Crippen LogP contribution in [0.4, 0.5) is 17.1 Å². The van der Waals surface area contributed by atoms with E-state index in [2.05, 4.69) is 29.0 Å². The molecule has 154 valence electrons. The molecule has 1 amide bonds. The molecule has 7 heteroatoms. The number of rotatable bonds is 6. The van der Waals surface area contributed by atoms with Crippen LogP contribution in [0.3, 0.4) is 0 Å². The molecule has 3 rings (SSSR count). The number of nitrogens with zero attached hydrogens (tertiary/aromatic N) is 3. The number of non-ortho nitro benzene ring substituents is 1. The second-order valence-corrected chi connectivity index (χ2v) is 7.74. The van der Waals surface area contributed by atoms with Gasteiger partial charge in [0.2, 0.25) is 5.91 Å².